The summed E-state index contributed by atoms with van der Waals surface area (Å²) in [7, 11) is 0. The molecule has 0 saturated heterocycles. The van der Waals surface area contributed by atoms with Gasteiger partial charge in [0.25, 0.3) is 0 Å². The average molecular weight is 224 g/mol. The molecule has 0 aliphatic carbocycles. The van der Waals surface area contributed by atoms with E-state index in [4.69, 9.17) is 11.6 Å². The monoisotopic (exact) mass is 223 g/mol. The highest BCUT2D eigenvalue weighted by molar-refractivity contribution is 6.30. The summed E-state index contributed by atoms with van der Waals surface area (Å²) in [4.78, 5) is 7.94. The number of hydrogen-bond acceptors (Lipinski definition) is 3. The van der Waals surface area contributed by atoms with Crippen molar-refractivity contribution < 1.29 is 5.11 Å². The number of aliphatic hydroxyl groups is 1. The van der Waals surface area contributed by atoms with Crippen LogP contribution in [0.25, 0.3) is 0 Å². The Morgan fingerprint density at radius 3 is 2.93 bits per heavy atom. The van der Waals surface area contributed by atoms with Crippen LogP contribution in [-0.2, 0) is 6.54 Å². The van der Waals surface area contributed by atoms with E-state index in [1.807, 2.05) is 0 Å². The largest absolute Gasteiger partial charge is 0.385 e. The van der Waals surface area contributed by atoms with E-state index >= 15 is 0 Å². The Hall–Kier alpha value is -1.39. The van der Waals surface area contributed by atoms with Crippen LogP contribution >= 0.6 is 11.6 Å². The van der Waals surface area contributed by atoms with Crippen molar-refractivity contribution in [3.05, 3.63) is 47.8 Å². The van der Waals surface area contributed by atoms with Gasteiger partial charge in [-0.1, -0.05) is 11.6 Å². The first kappa shape index (κ1) is 10.1. The van der Waals surface area contributed by atoms with Gasteiger partial charge in [-0.05, 0) is 12.1 Å². The SMILES string of the molecule is OC(Cn1ccnc1)c1ccc(Cl)cn1. The molecule has 0 saturated carbocycles. The molecule has 0 spiro atoms. The van der Waals surface area contributed by atoms with E-state index in [-0.39, 0.29) is 0 Å². The number of aliphatic hydroxyl groups excluding tert-OH is 1. The van der Waals surface area contributed by atoms with Gasteiger partial charge < -0.3 is 9.67 Å². The summed E-state index contributed by atoms with van der Waals surface area (Å²) in [6, 6.07) is 3.42. The van der Waals surface area contributed by atoms with Crippen LogP contribution in [0.4, 0.5) is 0 Å². The molecule has 0 aliphatic rings. The van der Waals surface area contributed by atoms with Crippen LogP contribution in [0, 0.1) is 0 Å². The Labute approximate surface area is 92.2 Å². The third kappa shape index (κ3) is 2.55. The Morgan fingerprint density at radius 2 is 2.33 bits per heavy atom. The summed E-state index contributed by atoms with van der Waals surface area (Å²) in [5, 5.41) is 10.4. The molecule has 1 unspecified atom stereocenters. The molecule has 0 bridgehead atoms. The number of rotatable bonds is 3. The highest BCUT2D eigenvalue weighted by atomic mass is 35.5. The Bertz CT molecular complexity index is 413. The van der Waals surface area contributed by atoms with Gasteiger partial charge in [-0.15, -0.1) is 0 Å². The van der Waals surface area contributed by atoms with Crippen LogP contribution < -0.4 is 0 Å². The zero-order chi connectivity index (χ0) is 10.7. The summed E-state index contributed by atoms with van der Waals surface area (Å²) < 4.78 is 1.79. The minimum absolute atomic E-state index is 0.439. The van der Waals surface area contributed by atoms with E-state index in [1.54, 1.807) is 35.4 Å². The van der Waals surface area contributed by atoms with Crippen molar-refractivity contribution in [2.24, 2.45) is 0 Å². The van der Waals surface area contributed by atoms with Crippen molar-refractivity contribution in [1.29, 1.82) is 0 Å². The van der Waals surface area contributed by atoms with Gasteiger partial charge in [-0.25, -0.2) is 4.98 Å². The molecule has 0 aliphatic heterocycles. The van der Waals surface area contributed by atoms with Crippen molar-refractivity contribution in [1.82, 2.24) is 14.5 Å². The quantitative estimate of drug-likeness (QED) is 0.861. The number of aromatic nitrogens is 3. The second kappa shape index (κ2) is 4.42. The second-order valence-electron chi connectivity index (χ2n) is 3.18. The van der Waals surface area contributed by atoms with E-state index in [0.717, 1.165) is 0 Å². The van der Waals surface area contributed by atoms with Gasteiger partial charge in [0, 0.05) is 18.6 Å². The topological polar surface area (TPSA) is 50.9 Å². The lowest BCUT2D eigenvalue weighted by Crippen LogP contribution is -2.08. The fourth-order valence-electron chi connectivity index (χ4n) is 1.27. The molecule has 78 valence electrons. The molecule has 0 amide bonds. The average Bonchev–Trinajstić information content (AvgIpc) is 2.71. The van der Waals surface area contributed by atoms with E-state index in [1.165, 1.54) is 6.20 Å². The number of pyridine rings is 1. The van der Waals surface area contributed by atoms with E-state index < -0.39 is 6.10 Å². The highest BCUT2D eigenvalue weighted by Gasteiger charge is 2.08. The first-order valence-electron chi connectivity index (χ1n) is 4.51. The van der Waals surface area contributed by atoms with Crippen molar-refractivity contribution >= 4 is 11.6 Å². The minimum atomic E-state index is -0.642. The van der Waals surface area contributed by atoms with Gasteiger partial charge in [0.1, 0.15) is 6.10 Å². The van der Waals surface area contributed by atoms with Gasteiger partial charge in [0.2, 0.25) is 0 Å². The van der Waals surface area contributed by atoms with Gasteiger partial charge in [-0.3, -0.25) is 4.98 Å². The van der Waals surface area contributed by atoms with Crippen molar-refractivity contribution in [2.45, 2.75) is 12.6 Å². The van der Waals surface area contributed by atoms with Crippen LogP contribution in [0.1, 0.15) is 11.8 Å². The number of halogens is 1. The molecule has 0 fully saturated rings. The predicted octanol–water partition coefficient (Wildman–Crippen LogP) is 1.67. The molecule has 4 nitrogen and oxygen atoms in total. The number of hydrogen-bond donors (Lipinski definition) is 1. The van der Waals surface area contributed by atoms with Crippen molar-refractivity contribution in [3.8, 4) is 0 Å². The normalized spacial score (nSPS) is 12.7. The molecule has 1 atom stereocenters. The Kier molecular flexibility index (Phi) is 2.99. The maximum atomic E-state index is 9.83. The molecule has 2 heterocycles. The maximum absolute atomic E-state index is 9.83. The molecule has 2 aromatic rings. The van der Waals surface area contributed by atoms with Gasteiger partial charge in [0.15, 0.2) is 0 Å². The van der Waals surface area contributed by atoms with Gasteiger partial charge in [0.05, 0.1) is 23.6 Å². The van der Waals surface area contributed by atoms with Crippen molar-refractivity contribution in [3.63, 3.8) is 0 Å². The molecular weight excluding hydrogens is 214 g/mol. The highest BCUT2D eigenvalue weighted by Crippen LogP contribution is 2.14. The van der Waals surface area contributed by atoms with Crippen LogP contribution in [0.5, 0.6) is 0 Å². The van der Waals surface area contributed by atoms with Crippen LogP contribution in [0.15, 0.2) is 37.1 Å². The predicted molar refractivity (Wildman–Crippen MR) is 56.4 cm³/mol. The lowest BCUT2D eigenvalue weighted by atomic mass is 10.2. The van der Waals surface area contributed by atoms with Crippen LogP contribution in [0.2, 0.25) is 5.02 Å². The number of imidazole rings is 1. The minimum Gasteiger partial charge on any atom is -0.385 e. The molecular formula is C10H10ClN3O. The molecule has 2 rings (SSSR count). The smallest absolute Gasteiger partial charge is 0.114 e. The van der Waals surface area contributed by atoms with Crippen LogP contribution in [-0.4, -0.2) is 19.6 Å². The van der Waals surface area contributed by atoms with E-state index in [9.17, 15) is 5.11 Å². The lowest BCUT2D eigenvalue weighted by Gasteiger charge is -2.10. The van der Waals surface area contributed by atoms with Gasteiger partial charge >= 0.3 is 0 Å². The lowest BCUT2D eigenvalue weighted by molar-refractivity contribution is 0.152. The zero-order valence-corrected chi connectivity index (χ0v) is 8.67. The summed E-state index contributed by atoms with van der Waals surface area (Å²) >= 11 is 5.70. The third-order valence-electron chi connectivity index (χ3n) is 2.03. The molecule has 5 heteroatoms. The van der Waals surface area contributed by atoms with E-state index in [0.29, 0.717) is 17.3 Å². The van der Waals surface area contributed by atoms with Gasteiger partial charge in [-0.2, -0.15) is 0 Å². The first-order chi connectivity index (χ1) is 7.25. The molecule has 0 aromatic carbocycles. The zero-order valence-electron chi connectivity index (χ0n) is 7.92. The summed E-state index contributed by atoms with van der Waals surface area (Å²) in [5.74, 6) is 0. The molecule has 0 radical (unpaired) electrons. The second-order valence-corrected chi connectivity index (χ2v) is 3.61. The fourth-order valence-corrected chi connectivity index (χ4v) is 1.38. The summed E-state index contributed by atoms with van der Waals surface area (Å²) in [6.45, 7) is 0.439. The summed E-state index contributed by atoms with van der Waals surface area (Å²) in [5.41, 5.74) is 0.605. The maximum Gasteiger partial charge on any atom is 0.114 e. The number of nitrogens with zero attached hydrogens (tertiary/aromatic N) is 3. The fraction of sp³-hybridized carbons (Fsp3) is 0.200. The summed E-state index contributed by atoms with van der Waals surface area (Å²) in [6.07, 6.45) is 5.99. The van der Waals surface area contributed by atoms with Crippen molar-refractivity contribution in [2.75, 3.05) is 0 Å². The standard InChI is InChI=1S/C10H10ClN3O/c11-8-1-2-9(13-5-8)10(15)6-14-4-3-12-7-14/h1-5,7,10,15H,6H2. The van der Waals surface area contributed by atoms with E-state index in [2.05, 4.69) is 9.97 Å². The molecule has 2 aromatic heterocycles. The Balaban J connectivity index is 2.08. The molecule has 1 N–H and O–H groups in total. The van der Waals surface area contributed by atoms with Crippen LogP contribution in [0.3, 0.4) is 0 Å². The molecule has 15 heavy (non-hydrogen) atoms. The first-order valence-corrected chi connectivity index (χ1v) is 4.89. The third-order valence-corrected chi connectivity index (χ3v) is 2.26. The Morgan fingerprint density at radius 1 is 1.47 bits per heavy atom.